The van der Waals surface area contributed by atoms with Gasteiger partial charge in [-0.3, -0.25) is 9.59 Å². The summed E-state index contributed by atoms with van der Waals surface area (Å²) in [5, 5.41) is 4.08. The predicted octanol–water partition coefficient (Wildman–Crippen LogP) is 4.23. The Morgan fingerprint density at radius 2 is 1.93 bits per heavy atom. The maximum Gasteiger partial charge on any atom is 0.238 e. The van der Waals surface area contributed by atoms with E-state index in [0.717, 1.165) is 11.1 Å². The van der Waals surface area contributed by atoms with Gasteiger partial charge in [0.2, 0.25) is 11.8 Å². The first-order chi connectivity index (χ1) is 13.9. The van der Waals surface area contributed by atoms with Crippen molar-refractivity contribution < 1.29 is 14.3 Å². The number of carbonyl (C=O) groups is 2. The van der Waals surface area contributed by atoms with Gasteiger partial charge in [-0.25, -0.2) is 0 Å². The molecular formula is C22H22Cl2N2O3. The van der Waals surface area contributed by atoms with Gasteiger partial charge in [-0.15, -0.1) is 0 Å². The number of rotatable bonds is 3. The molecule has 2 amide bonds. The first-order valence-electron chi connectivity index (χ1n) is 9.59. The quantitative estimate of drug-likeness (QED) is 0.788. The number of fused-ring (bicyclic) bond motifs is 2. The van der Waals surface area contributed by atoms with E-state index in [0.29, 0.717) is 28.8 Å². The van der Waals surface area contributed by atoms with Crippen molar-refractivity contribution in [3.05, 3.63) is 63.6 Å². The minimum Gasteiger partial charge on any atom is -0.378 e. The Balaban J connectivity index is 2.00. The fourth-order valence-corrected chi connectivity index (χ4v) is 5.17. The summed E-state index contributed by atoms with van der Waals surface area (Å²) >= 11 is 12.5. The van der Waals surface area contributed by atoms with Crippen LogP contribution in [0.2, 0.25) is 10.0 Å². The number of likely N-dealkylation sites (tertiary alicyclic amines) is 1. The SMILES string of the molecule is CCN1CC(OC)C2(C(=O)Nc3cc(Cl)ccc32)C(c2cccc(Cl)c2)CC1=O. The number of halogens is 2. The monoisotopic (exact) mass is 432 g/mol. The molecule has 2 aliphatic rings. The van der Waals surface area contributed by atoms with Crippen molar-refractivity contribution in [1.29, 1.82) is 0 Å². The lowest BCUT2D eigenvalue weighted by Crippen LogP contribution is -2.53. The van der Waals surface area contributed by atoms with Gasteiger partial charge in [0.1, 0.15) is 5.41 Å². The minimum absolute atomic E-state index is 0.00776. The molecule has 1 spiro atoms. The second kappa shape index (κ2) is 7.63. The molecule has 2 aromatic rings. The van der Waals surface area contributed by atoms with Crippen LogP contribution in [0.5, 0.6) is 0 Å². The van der Waals surface area contributed by atoms with Crippen LogP contribution >= 0.6 is 23.2 Å². The number of benzene rings is 2. The first kappa shape index (κ1) is 20.2. The van der Waals surface area contributed by atoms with Crippen LogP contribution in [0.3, 0.4) is 0 Å². The molecule has 1 saturated heterocycles. The Hall–Kier alpha value is -2.08. The molecule has 0 bridgehead atoms. The van der Waals surface area contributed by atoms with Crippen LogP contribution in [0.4, 0.5) is 5.69 Å². The molecule has 0 saturated carbocycles. The highest BCUT2D eigenvalue weighted by Crippen LogP contribution is 2.53. The third-order valence-corrected chi connectivity index (χ3v) is 6.61. The lowest BCUT2D eigenvalue weighted by molar-refractivity contribution is -0.132. The van der Waals surface area contributed by atoms with Crippen LogP contribution in [0.25, 0.3) is 0 Å². The first-order valence-corrected chi connectivity index (χ1v) is 10.3. The maximum atomic E-state index is 13.6. The molecule has 29 heavy (non-hydrogen) atoms. The van der Waals surface area contributed by atoms with Crippen LogP contribution in [0.15, 0.2) is 42.5 Å². The summed E-state index contributed by atoms with van der Waals surface area (Å²) in [6.07, 6.45) is -0.343. The molecule has 4 rings (SSSR count). The summed E-state index contributed by atoms with van der Waals surface area (Å²) in [6, 6.07) is 12.8. The number of anilines is 1. The molecule has 0 radical (unpaired) electrons. The Bertz CT molecular complexity index is 980. The molecular weight excluding hydrogens is 411 g/mol. The zero-order valence-corrected chi connectivity index (χ0v) is 17.8. The van der Waals surface area contributed by atoms with E-state index >= 15 is 0 Å². The highest BCUT2D eigenvalue weighted by atomic mass is 35.5. The highest BCUT2D eigenvalue weighted by molar-refractivity contribution is 6.31. The normalized spacial score (nSPS) is 26.4. The third-order valence-electron chi connectivity index (χ3n) is 6.14. The number of nitrogens with one attached hydrogen (secondary N) is 1. The van der Waals surface area contributed by atoms with Gasteiger partial charge in [0.05, 0.1) is 6.10 Å². The zero-order chi connectivity index (χ0) is 20.8. The minimum atomic E-state index is -1.07. The second-order valence-electron chi connectivity index (χ2n) is 7.48. The van der Waals surface area contributed by atoms with Crippen molar-refractivity contribution >= 4 is 40.7 Å². The number of ether oxygens (including phenoxy) is 1. The predicted molar refractivity (Wildman–Crippen MR) is 114 cm³/mol. The van der Waals surface area contributed by atoms with Gasteiger partial charge in [-0.05, 0) is 42.3 Å². The molecule has 2 aromatic carbocycles. The zero-order valence-electron chi connectivity index (χ0n) is 16.2. The van der Waals surface area contributed by atoms with Gasteiger partial charge in [0.25, 0.3) is 0 Å². The van der Waals surface area contributed by atoms with Crippen molar-refractivity contribution in [2.75, 3.05) is 25.5 Å². The highest BCUT2D eigenvalue weighted by Gasteiger charge is 2.60. The maximum absolute atomic E-state index is 13.6. The van der Waals surface area contributed by atoms with Gasteiger partial charge in [-0.2, -0.15) is 0 Å². The smallest absolute Gasteiger partial charge is 0.238 e. The Labute approximate surface area is 179 Å². The van der Waals surface area contributed by atoms with Gasteiger partial charge < -0.3 is 15.0 Å². The molecule has 2 aliphatic heterocycles. The van der Waals surface area contributed by atoms with E-state index in [4.69, 9.17) is 27.9 Å². The number of amides is 2. The van der Waals surface area contributed by atoms with Crippen LogP contribution in [-0.2, 0) is 19.7 Å². The number of nitrogens with zero attached hydrogens (tertiary/aromatic N) is 1. The Morgan fingerprint density at radius 1 is 1.17 bits per heavy atom. The molecule has 1 fully saturated rings. The third kappa shape index (κ3) is 3.12. The summed E-state index contributed by atoms with van der Waals surface area (Å²) in [5.74, 6) is -0.624. The number of hydrogen-bond donors (Lipinski definition) is 1. The number of likely N-dealkylation sites (N-methyl/N-ethyl adjacent to an activating group) is 1. The number of carbonyl (C=O) groups excluding carboxylic acids is 2. The Morgan fingerprint density at radius 3 is 2.62 bits per heavy atom. The lowest BCUT2D eigenvalue weighted by Gasteiger charge is -2.39. The van der Waals surface area contributed by atoms with Crippen molar-refractivity contribution in [2.45, 2.75) is 30.8 Å². The fraction of sp³-hybridized carbons (Fsp3) is 0.364. The summed E-state index contributed by atoms with van der Waals surface area (Å²) in [6.45, 7) is 2.81. The summed E-state index contributed by atoms with van der Waals surface area (Å²) in [5.41, 5.74) is 1.23. The van der Waals surface area contributed by atoms with Gasteiger partial charge in [0, 0.05) is 48.3 Å². The standard InChI is InChI=1S/C22H22Cl2N2O3/c1-3-26-12-19(29-2)22(16-8-7-15(24)10-18(16)25-21(22)28)17(11-20(26)27)13-5-4-6-14(23)9-13/h4-10,17,19H,3,11-12H2,1-2H3,(H,25,28). The average molecular weight is 433 g/mol. The average Bonchev–Trinajstić information content (AvgIpc) is 2.90. The molecule has 1 N–H and O–H groups in total. The van der Waals surface area contributed by atoms with Gasteiger partial charge >= 0.3 is 0 Å². The van der Waals surface area contributed by atoms with E-state index in [2.05, 4.69) is 5.32 Å². The lowest BCUT2D eigenvalue weighted by atomic mass is 9.64. The van der Waals surface area contributed by atoms with E-state index in [1.54, 1.807) is 30.2 Å². The molecule has 152 valence electrons. The van der Waals surface area contributed by atoms with Crippen LogP contribution < -0.4 is 5.32 Å². The molecule has 5 nitrogen and oxygen atoms in total. The van der Waals surface area contributed by atoms with E-state index in [1.807, 2.05) is 31.2 Å². The molecule has 2 heterocycles. The van der Waals surface area contributed by atoms with E-state index < -0.39 is 17.4 Å². The number of hydrogen-bond acceptors (Lipinski definition) is 3. The van der Waals surface area contributed by atoms with E-state index in [-0.39, 0.29) is 18.2 Å². The fourth-order valence-electron chi connectivity index (χ4n) is 4.80. The Kier molecular flexibility index (Phi) is 5.32. The van der Waals surface area contributed by atoms with Crippen molar-refractivity contribution in [2.24, 2.45) is 0 Å². The molecule has 3 unspecified atom stereocenters. The number of methoxy groups -OCH3 is 1. The van der Waals surface area contributed by atoms with E-state index in [1.165, 1.54) is 0 Å². The van der Waals surface area contributed by atoms with Crippen LogP contribution in [0.1, 0.15) is 30.4 Å². The molecule has 3 atom stereocenters. The van der Waals surface area contributed by atoms with Crippen LogP contribution in [0, 0.1) is 0 Å². The van der Waals surface area contributed by atoms with E-state index in [9.17, 15) is 9.59 Å². The molecule has 0 aliphatic carbocycles. The van der Waals surface area contributed by atoms with Gasteiger partial charge in [-0.1, -0.05) is 41.4 Å². The van der Waals surface area contributed by atoms with Crippen molar-refractivity contribution in [3.8, 4) is 0 Å². The molecule has 7 heteroatoms. The van der Waals surface area contributed by atoms with Crippen molar-refractivity contribution in [3.63, 3.8) is 0 Å². The van der Waals surface area contributed by atoms with Crippen LogP contribution in [-0.4, -0.2) is 43.0 Å². The topological polar surface area (TPSA) is 58.6 Å². The summed E-state index contributed by atoms with van der Waals surface area (Å²) in [7, 11) is 1.59. The summed E-state index contributed by atoms with van der Waals surface area (Å²) < 4.78 is 5.91. The second-order valence-corrected chi connectivity index (χ2v) is 8.35. The van der Waals surface area contributed by atoms with Crippen molar-refractivity contribution in [1.82, 2.24) is 4.90 Å². The molecule has 0 aromatic heterocycles. The van der Waals surface area contributed by atoms with Gasteiger partial charge in [0.15, 0.2) is 0 Å². The summed E-state index contributed by atoms with van der Waals surface area (Å²) in [4.78, 5) is 28.4. The largest absolute Gasteiger partial charge is 0.378 e.